The molecule has 0 amide bonds. The maximum atomic E-state index is 5.19. The zero-order chi connectivity index (χ0) is 13.1. The van der Waals surface area contributed by atoms with E-state index in [2.05, 4.69) is 47.1 Å². The summed E-state index contributed by atoms with van der Waals surface area (Å²) in [6, 6.07) is 0. The third-order valence-electron chi connectivity index (χ3n) is 2.74. The Labute approximate surface area is 112 Å². The van der Waals surface area contributed by atoms with Gasteiger partial charge in [0.25, 0.3) is 0 Å². The van der Waals surface area contributed by atoms with E-state index in [1.165, 1.54) is 5.69 Å². The standard InChI is InChI=1S/C12H22BrN3O/c1-6-9-11(13)10(16(4)15-9)7-14-12(2,3)8-17-5/h14H,6-8H2,1-5H3. The van der Waals surface area contributed by atoms with E-state index in [-0.39, 0.29) is 5.54 Å². The SMILES string of the molecule is CCc1nn(C)c(CNC(C)(C)COC)c1Br. The van der Waals surface area contributed by atoms with Gasteiger partial charge in [0.2, 0.25) is 0 Å². The summed E-state index contributed by atoms with van der Waals surface area (Å²) in [6.07, 6.45) is 0.940. The molecule has 5 heteroatoms. The van der Waals surface area contributed by atoms with Crippen molar-refractivity contribution in [1.29, 1.82) is 0 Å². The van der Waals surface area contributed by atoms with Gasteiger partial charge < -0.3 is 10.1 Å². The van der Waals surface area contributed by atoms with Crippen molar-refractivity contribution < 1.29 is 4.74 Å². The molecule has 0 aromatic carbocycles. The highest BCUT2D eigenvalue weighted by atomic mass is 79.9. The first kappa shape index (κ1) is 14.7. The highest BCUT2D eigenvalue weighted by molar-refractivity contribution is 9.10. The van der Waals surface area contributed by atoms with Crippen molar-refractivity contribution in [3.63, 3.8) is 0 Å². The molecule has 1 aromatic rings. The molecule has 1 rings (SSSR count). The number of hydrogen-bond acceptors (Lipinski definition) is 3. The van der Waals surface area contributed by atoms with E-state index in [0.717, 1.165) is 23.1 Å². The number of methoxy groups -OCH3 is 1. The largest absolute Gasteiger partial charge is 0.383 e. The first-order chi connectivity index (χ1) is 7.91. The summed E-state index contributed by atoms with van der Waals surface area (Å²) < 4.78 is 8.23. The van der Waals surface area contributed by atoms with Crippen molar-refractivity contribution in [2.75, 3.05) is 13.7 Å². The summed E-state index contributed by atoms with van der Waals surface area (Å²) in [5, 5.41) is 7.95. The van der Waals surface area contributed by atoms with Crippen LogP contribution in [0.25, 0.3) is 0 Å². The quantitative estimate of drug-likeness (QED) is 0.876. The number of nitrogens with one attached hydrogen (secondary N) is 1. The fourth-order valence-electron chi connectivity index (χ4n) is 1.75. The van der Waals surface area contributed by atoms with Gasteiger partial charge in [-0.3, -0.25) is 4.68 Å². The second-order valence-corrected chi connectivity index (χ2v) is 5.65. The molecule has 0 spiro atoms. The molecule has 17 heavy (non-hydrogen) atoms. The van der Waals surface area contributed by atoms with Crippen LogP contribution in [0.1, 0.15) is 32.2 Å². The van der Waals surface area contributed by atoms with Crippen molar-refractivity contribution in [2.24, 2.45) is 7.05 Å². The van der Waals surface area contributed by atoms with Crippen LogP contribution in [0, 0.1) is 0 Å². The second kappa shape index (κ2) is 5.98. The maximum absolute atomic E-state index is 5.19. The van der Waals surface area contributed by atoms with Gasteiger partial charge in [-0.25, -0.2) is 0 Å². The Balaban J connectivity index is 2.72. The third-order valence-corrected chi connectivity index (χ3v) is 3.66. The van der Waals surface area contributed by atoms with Gasteiger partial charge in [0.05, 0.1) is 22.5 Å². The van der Waals surface area contributed by atoms with E-state index >= 15 is 0 Å². The molecule has 1 heterocycles. The Kier molecular flexibility index (Phi) is 5.16. The minimum atomic E-state index is -0.0369. The molecule has 0 aliphatic carbocycles. The number of hydrogen-bond donors (Lipinski definition) is 1. The zero-order valence-corrected chi connectivity index (χ0v) is 12.9. The van der Waals surface area contributed by atoms with Crippen molar-refractivity contribution in [1.82, 2.24) is 15.1 Å². The molecule has 1 N–H and O–H groups in total. The van der Waals surface area contributed by atoms with Crippen LogP contribution < -0.4 is 5.32 Å². The van der Waals surface area contributed by atoms with Crippen LogP contribution >= 0.6 is 15.9 Å². The smallest absolute Gasteiger partial charge is 0.0767 e. The van der Waals surface area contributed by atoms with Crippen LogP contribution in [0.15, 0.2) is 4.47 Å². The lowest BCUT2D eigenvalue weighted by molar-refractivity contribution is 0.127. The van der Waals surface area contributed by atoms with Crippen molar-refractivity contribution in [3.05, 3.63) is 15.9 Å². The molecular formula is C12H22BrN3O. The predicted octanol–water partition coefficient (Wildman–Crippen LogP) is 2.26. The van der Waals surface area contributed by atoms with E-state index in [0.29, 0.717) is 6.61 Å². The normalized spacial score (nSPS) is 12.1. The van der Waals surface area contributed by atoms with Crippen LogP contribution in [-0.4, -0.2) is 29.0 Å². The third kappa shape index (κ3) is 3.79. The molecule has 0 aliphatic heterocycles. The molecule has 0 bridgehead atoms. The summed E-state index contributed by atoms with van der Waals surface area (Å²) >= 11 is 3.61. The average molecular weight is 304 g/mol. The van der Waals surface area contributed by atoms with Crippen LogP contribution in [0.4, 0.5) is 0 Å². The molecule has 0 atom stereocenters. The van der Waals surface area contributed by atoms with Gasteiger partial charge in [-0.05, 0) is 36.2 Å². The Hall–Kier alpha value is -0.390. The first-order valence-corrected chi connectivity index (χ1v) is 6.64. The molecule has 0 radical (unpaired) electrons. The molecular weight excluding hydrogens is 282 g/mol. The molecule has 0 saturated heterocycles. The molecule has 1 aromatic heterocycles. The number of nitrogens with zero attached hydrogens (tertiary/aromatic N) is 2. The lowest BCUT2D eigenvalue weighted by Crippen LogP contribution is -2.43. The van der Waals surface area contributed by atoms with Gasteiger partial charge in [-0.15, -0.1) is 0 Å². The Bertz CT molecular complexity index is 374. The van der Waals surface area contributed by atoms with Crippen LogP contribution in [0.5, 0.6) is 0 Å². The van der Waals surface area contributed by atoms with Gasteiger partial charge in [-0.1, -0.05) is 6.92 Å². The van der Waals surface area contributed by atoms with E-state index in [1.54, 1.807) is 7.11 Å². The summed E-state index contributed by atoms with van der Waals surface area (Å²) in [6.45, 7) is 7.83. The molecule has 0 fully saturated rings. The fourth-order valence-corrected chi connectivity index (χ4v) is 2.50. The van der Waals surface area contributed by atoms with E-state index in [4.69, 9.17) is 4.74 Å². The highest BCUT2D eigenvalue weighted by Gasteiger charge is 2.19. The summed E-state index contributed by atoms with van der Waals surface area (Å²) in [5.41, 5.74) is 2.24. The first-order valence-electron chi connectivity index (χ1n) is 5.85. The Morgan fingerprint density at radius 3 is 2.59 bits per heavy atom. The lowest BCUT2D eigenvalue weighted by Gasteiger charge is -2.25. The van der Waals surface area contributed by atoms with E-state index in [1.807, 2.05) is 11.7 Å². The van der Waals surface area contributed by atoms with Gasteiger partial charge >= 0.3 is 0 Å². The van der Waals surface area contributed by atoms with E-state index < -0.39 is 0 Å². The maximum Gasteiger partial charge on any atom is 0.0767 e. The number of ether oxygens (including phenoxy) is 1. The summed E-state index contributed by atoms with van der Waals surface area (Å²) in [5.74, 6) is 0. The van der Waals surface area contributed by atoms with Gasteiger partial charge in [-0.2, -0.15) is 5.10 Å². The highest BCUT2D eigenvalue weighted by Crippen LogP contribution is 2.21. The van der Waals surface area contributed by atoms with E-state index in [9.17, 15) is 0 Å². The number of aryl methyl sites for hydroxylation is 2. The molecule has 4 nitrogen and oxygen atoms in total. The molecule has 98 valence electrons. The van der Waals surface area contributed by atoms with Crippen LogP contribution in [-0.2, 0) is 24.8 Å². The number of halogens is 1. The molecule has 0 saturated carbocycles. The second-order valence-electron chi connectivity index (χ2n) is 4.85. The minimum Gasteiger partial charge on any atom is -0.383 e. The lowest BCUT2D eigenvalue weighted by atomic mass is 10.1. The molecule has 0 unspecified atom stereocenters. The van der Waals surface area contributed by atoms with Gasteiger partial charge in [0, 0.05) is 26.2 Å². The summed E-state index contributed by atoms with van der Waals surface area (Å²) in [4.78, 5) is 0. The monoisotopic (exact) mass is 303 g/mol. The van der Waals surface area contributed by atoms with Crippen molar-refractivity contribution >= 4 is 15.9 Å². The fraction of sp³-hybridized carbons (Fsp3) is 0.750. The van der Waals surface area contributed by atoms with Gasteiger partial charge in [0.15, 0.2) is 0 Å². The van der Waals surface area contributed by atoms with Gasteiger partial charge in [0.1, 0.15) is 0 Å². The predicted molar refractivity (Wildman–Crippen MR) is 73.1 cm³/mol. The molecule has 0 aliphatic rings. The summed E-state index contributed by atoms with van der Waals surface area (Å²) in [7, 11) is 3.70. The Morgan fingerprint density at radius 2 is 2.12 bits per heavy atom. The number of rotatable bonds is 6. The zero-order valence-electron chi connectivity index (χ0n) is 11.3. The number of aromatic nitrogens is 2. The average Bonchev–Trinajstić information content (AvgIpc) is 2.51. The Morgan fingerprint density at radius 1 is 1.47 bits per heavy atom. The van der Waals surface area contributed by atoms with Crippen molar-refractivity contribution in [3.8, 4) is 0 Å². The topological polar surface area (TPSA) is 39.1 Å². The van der Waals surface area contributed by atoms with Crippen LogP contribution in [0.3, 0.4) is 0 Å². The van der Waals surface area contributed by atoms with Crippen LogP contribution in [0.2, 0.25) is 0 Å². The minimum absolute atomic E-state index is 0.0369. The van der Waals surface area contributed by atoms with Crippen molar-refractivity contribution in [2.45, 2.75) is 39.3 Å².